The topological polar surface area (TPSA) is 52.2 Å². The number of carbonyl (C=O) groups excluding carboxylic acids is 1. The Morgan fingerprint density at radius 2 is 1.95 bits per heavy atom. The van der Waals surface area contributed by atoms with Gasteiger partial charge in [0.15, 0.2) is 0 Å². The van der Waals surface area contributed by atoms with Crippen LogP contribution in [0.15, 0.2) is 24.7 Å². The fraction of sp³-hybridized carbons (Fsp3) is 0.333. The number of piperazine rings is 1. The lowest BCUT2D eigenvalue weighted by Crippen LogP contribution is -2.49. The zero-order valence-corrected chi connectivity index (χ0v) is 13.7. The van der Waals surface area contributed by atoms with Crippen molar-refractivity contribution in [1.29, 1.82) is 0 Å². The number of anilines is 1. The summed E-state index contributed by atoms with van der Waals surface area (Å²) in [6, 6.07) is 1.69. The number of aromatic amines is 1. The second kappa shape index (κ2) is 6.18. The molecule has 7 heteroatoms. The number of halogens is 2. The van der Waals surface area contributed by atoms with Crippen molar-refractivity contribution in [2.24, 2.45) is 0 Å². The second-order valence-electron chi connectivity index (χ2n) is 5.29. The highest BCUT2D eigenvalue weighted by Gasteiger charge is 2.25. The Bertz CT molecular complexity index is 693. The Hall–Kier alpha value is -1.72. The highest BCUT2D eigenvalue weighted by Crippen LogP contribution is 2.27. The summed E-state index contributed by atoms with van der Waals surface area (Å²) in [6.45, 7) is 4.61. The van der Waals surface area contributed by atoms with Crippen molar-refractivity contribution >= 4 is 34.9 Å². The van der Waals surface area contributed by atoms with E-state index in [-0.39, 0.29) is 5.91 Å². The maximum absolute atomic E-state index is 12.5. The number of rotatable bonds is 2. The molecule has 3 heterocycles. The van der Waals surface area contributed by atoms with Crippen LogP contribution in [0.25, 0.3) is 0 Å². The monoisotopic (exact) mass is 338 g/mol. The van der Waals surface area contributed by atoms with Crippen LogP contribution in [-0.2, 0) is 0 Å². The Balaban J connectivity index is 1.68. The number of H-pyrrole nitrogens is 1. The molecular formula is C15H16Cl2N4O. The summed E-state index contributed by atoms with van der Waals surface area (Å²) in [4.78, 5) is 23.7. The van der Waals surface area contributed by atoms with Crippen molar-refractivity contribution < 1.29 is 4.79 Å². The van der Waals surface area contributed by atoms with Gasteiger partial charge in [-0.15, -0.1) is 0 Å². The lowest BCUT2D eigenvalue weighted by molar-refractivity contribution is 0.0746. The molecule has 0 radical (unpaired) electrons. The molecule has 2 aromatic rings. The number of hydrogen-bond acceptors (Lipinski definition) is 3. The fourth-order valence-corrected chi connectivity index (χ4v) is 3.10. The molecule has 5 nitrogen and oxygen atoms in total. The molecule has 0 aromatic carbocycles. The number of hydrogen-bond donors (Lipinski definition) is 1. The van der Waals surface area contributed by atoms with Gasteiger partial charge in [-0.05, 0) is 18.6 Å². The second-order valence-corrected chi connectivity index (χ2v) is 6.13. The van der Waals surface area contributed by atoms with E-state index in [2.05, 4.69) is 14.9 Å². The molecule has 3 rings (SSSR count). The van der Waals surface area contributed by atoms with Crippen LogP contribution in [0.3, 0.4) is 0 Å². The van der Waals surface area contributed by atoms with E-state index in [1.54, 1.807) is 18.5 Å². The van der Waals surface area contributed by atoms with Crippen molar-refractivity contribution in [3.63, 3.8) is 0 Å². The SMILES string of the molecule is Cc1c[nH]cc1C(=O)N1CCN(c2ncc(Cl)cc2Cl)CC1. The molecule has 1 aliphatic rings. The summed E-state index contributed by atoms with van der Waals surface area (Å²) in [5.74, 6) is 0.782. The Morgan fingerprint density at radius 1 is 1.23 bits per heavy atom. The largest absolute Gasteiger partial charge is 0.367 e. The molecule has 1 saturated heterocycles. The Labute approximate surface area is 138 Å². The smallest absolute Gasteiger partial charge is 0.255 e. The molecular weight excluding hydrogens is 323 g/mol. The van der Waals surface area contributed by atoms with Crippen LogP contribution in [0.5, 0.6) is 0 Å². The quantitative estimate of drug-likeness (QED) is 0.915. The third kappa shape index (κ3) is 2.91. The summed E-state index contributed by atoms with van der Waals surface area (Å²) in [5, 5.41) is 1.05. The first kappa shape index (κ1) is 15.2. The molecule has 1 fully saturated rings. The van der Waals surface area contributed by atoms with Gasteiger partial charge >= 0.3 is 0 Å². The fourth-order valence-electron chi connectivity index (χ4n) is 2.60. The Kier molecular flexibility index (Phi) is 4.27. The molecule has 0 unspecified atom stereocenters. The summed E-state index contributed by atoms with van der Waals surface area (Å²) < 4.78 is 0. The van der Waals surface area contributed by atoms with Crippen molar-refractivity contribution in [1.82, 2.24) is 14.9 Å². The zero-order valence-electron chi connectivity index (χ0n) is 12.1. The van der Waals surface area contributed by atoms with Gasteiger partial charge in [-0.25, -0.2) is 4.98 Å². The van der Waals surface area contributed by atoms with Crippen LogP contribution in [-0.4, -0.2) is 47.0 Å². The van der Waals surface area contributed by atoms with Crippen LogP contribution in [0.2, 0.25) is 10.0 Å². The summed E-state index contributed by atoms with van der Waals surface area (Å²) >= 11 is 12.1. The number of nitrogens with zero attached hydrogens (tertiary/aromatic N) is 3. The lowest BCUT2D eigenvalue weighted by atomic mass is 10.2. The van der Waals surface area contributed by atoms with Gasteiger partial charge < -0.3 is 14.8 Å². The molecule has 1 aliphatic heterocycles. The molecule has 0 saturated carbocycles. The van der Waals surface area contributed by atoms with Gasteiger partial charge in [-0.3, -0.25) is 4.79 Å². The number of aryl methyl sites for hydroxylation is 1. The number of aromatic nitrogens is 2. The predicted octanol–water partition coefficient (Wildman–Crippen LogP) is 2.99. The van der Waals surface area contributed by atoms with Crippen LogP contribution in [0, 0.1) is 6.92 Å². The predicted molar refractivity (Wildman–Crippen MR) is 87.9 cm³/mol. The minimum absolute atomic E-state index is 0.0635. The van der Waals surface area contributed by atoms with Crippen molar-refractivity contribution in [3.8, 4) is 0 Å². The van der Waals surface area contributed by atoms with Gasteiger partial charge in [0.25, 0.3) is 5.91 Å². The highest BCUT2D eigenvalue weighted by molar-refractivity contribution is 6.36. The van der Waals surface area contributed by atoms with Crippen LogP contribution in [0.4, 0.5) is 5.82 Å². The minimum Gasteiger partial charge on any atom is -0.367 e. The summed E-state index contributed by atoms with van der Waals surface area (Å²) in [7, 11) is 0. The van der Waals surface area contributed by atoms with E-state index in [4.69, 9.17) is 23.2 Å². The Morgan fingerprint density at radius 3 is 2.55 bits per heavy atom. The van der Waals surface area contributed by atoms with Gasteiger partial charge in [0.05, 0.1) is 15.6 Å². The van der Waals surface area contributed by atoms with Gasteiger partial charge in [-0.2, -0.15) is 0 Å². The number of carbonyl (C=O) groups is 1. The molecule has 22 heavy (non-hydrogen) atoms. The van der Waals surface area contributed by atoms with Crippen molar-refractivity contribution in [3.05, 3.63) is 45.8 Å². The standard InChI is InChI=1S/C15H16Cl2N4O/c1-10-7-18-9-12(10)15(22)21-4-2-20(3-5-21)14-13(17)6-11(16)8-19-14/h6-9,18H,2-5H2,1H3. The molecule has 0 aliphatic carbocycles. The molecule has 0 atom stereocenters. The number of nitrogens with one attached hydrogen (secondary N) is 1. The number of pyridine rings is 1. The van der Waals surface area contributed by atoms with E-state index in [0.717, 1.165) is 16.9 Å². The normalized spacial score (nSPS) is 15.2. The molecule has 0 spiro atoms. The minimum atomic E-state index is 0.0635. The average Bonchev–Trinajstić information content (AvgIpc) is 2.93. The van der Waals surface area contributed by atoms with Gasteiger partial charge in [0.1, 0.15) is 5.82 Å². The average molecular weight is 339 g/mol. The zero-order chi connectivity index (χ0) is 15.7. The van der Waals surface area contributed by atoms with Gasteiger partial charge in [-0.1, -0.05) is 23.2 Å². The van der Waals surface area contributed by atoms with E-state index < -0.39 is 0 Å². The maximum atomic E-state index is 12.5. The van der Waals surface area contributed by atoms with Crippen LogP contribution >= 0.6 is 23.2 Å². The van der Waals surface area contributed by atoms with E-state index >= 15 is 0 Å². The molecule has 1 N–H and O–H groups in total. The first-order valence-electron chi connectivity index (χ1n) is 7.05. The summed E-state index contributed by atoms with van der Waals surface area (Å²) in [6.07, 6.45) is 5.17. The third-order valence-corrected chi connectivity index (χ3v) is 4.32. The summed E-state index contributed by atoms with van der Waals surface area (Å²) in [5.41, 5.74) is 1.70. The molecule has 0 bridgehead atoms. The first-order valence-corrected chi connectivity index (χ1v) is 7.80. The molecule has 1 amide bonds. The third-order valence-electron chi connectivity index (χ3n) is 3.84. The van der Waals surface area contributed by atoms with Gasteiger partial charge in [0, 0.05) is 44.8 Å². The number of amides is 1. The van der Waals surface area contributed by atoms with Crippen molar-refractivity contribution in [2.75, 3.05) is 31.1 Å². The van der Waals surface area contributed by atoms with Crippen LogP contribution in [0.1, 0.15) is 15.9 Å². The maximum Gasteiger partial charge on any atom is 0.255 e. The van der Waals surface area contributed by atoms with Crippen LogP contribution < -0.4 is 4.90 Å². The van der Waals surface area contributed by atoms with E-state index in [1.807, 2.05) is 18.0 Å². The van der Waals surface area contributed by atoms with E-state index in [9.17, 15) is 4.79 Å². The van der Waals surface area contributed by atoms with Crippen molar-refractivity contribution in [2.45, 2.75) is 6.92 Å². The van der Waals surface area contributed by atoms with Gasteiger partial charge in [0.2, 0.25) is 0 Å². The van der Waals surface area contributed by atoms with E-state index in [1.165, 1.54) is 0 Å². The first-order chi connectivity index (χ1) is 10.6. The molecule has 116 valence electrons. The highest BCUT2D eigenvalue weighted by atomic mass is 35.5. The molecule has 2 aromatic heterocycles. The van der Waals surface area contributed by atoms with E-state index in [0.29, 0.717) is 36.2 Å². The lowest BCUT2D eigenvalue weighted by Gasteiger charge is -2.35.